The summed E-state index contributed by atoms with van der Waals surface area (Å²) in [6, 6.07) is 22.2. The molecule has 42 heavy (non-hydrogen) atoms. The normalized spacial score (nSPS) is 19.0. The van der Waals surface area contributed by atoms with Crippen LogP contribution in [0.3, 0.4) is 0 Å². The van der Waals surface area contributed by atoms with Crippen molar-refractivity contribution in [3.63, 3.8) is 0 Å². The lowest BCUT2D eigenvalue weighted by Gasteiger charge is -2.42. The summed E-state index contributed by atoms with van der Waals surface area (Å²) in [5.74, 6) is -0.324. The maximum Gasteiger partial charge on any atom is 0.410 e. The van der Waals surface area contributed by atoms with Crippen molar-refractivity contribution in [2.45, 2.75) is 64.1 Å². The predicted octanol–water partition coefficient (Wildman–Crippen LogP) is 6.75. The largest absolute Gasteiger partial charge is 0.494 e. The summed E-state index contributed by atoms with van der Waals surface area (Å²) in [6.45, 7) is 7.17. The molecule has 1 aliphatic rings. The van der Waals surface area contributed by atoms with Crippen molar-refractivity contribution >= 4 is 17.7 Å². The molecule has 1 amide bonds. The van der Waals surface area contributed by atoms with Crippen LogP contribution in [0.5, 0.6) is 5.75 Å². The van der Waals surface area contributed by atoms with Gasteiger partial charge in [-0.15, -0.1) is 0 Å². The minimum Gasteiger partial charge on any atom is -0.494 e. The summed E-state index contributed by atoms with van der Waals surface area (Å²) >= 11 is 5.95. The smallest absolute Gasteiger partial charge is 0.410 e. The zero-order chi connectivity index (χ0) is 30.1. The number of nitrogens with zero attached hydrogens (tertiary/aromatic N) is 1. The van der Waals surface area contributed by atoms with Gasteiger partial charge in [-0.25, -0.2) is 9.18 Å². The first kappa shape index (κ1) is 31.8. The van der Waals surface area contributed by atoms with Crippen LogP contribution in [0.15, 0.2) is 72.8 Å². The Hall–Kier alpha value is -3.17. The first-order chi connectivity index (χ1) is 20.1. The van der Waals surface area contributed by atoms with Gasteiger partial charge in [0.2, 0.25) is 0 Å². The first-order valence-corrected chi connectivity index (χ1v) is 14.5. The summed E-state index contributed by atoms with van der Waals surface area (Å²) in [4.78, 5) is 14.3. The van der Waals surface area contributed by atoms with E-state index in [1.165, 1.54) is 11.0 Å². The molecule has 7 nitrogen and oxygen atoms in total. The molecule has 0 radical (unpaired) electrons. The second-order valence-corrected chi connectivity index (χ2v) is 11.8. The number of β-amino-alcohol motifs (C(OH)–C–C–N with tert-alkyl or cyclic N) is 1. The van der Waals surface area contributed by atoms with Crippen molar-refractivity contribution in [2.75, 3.05) is 26.3 Å². The lowest BCUT2D eigenvalue weighted by molar-refractivity contribution is -0.0760. The number of carbonyl (C=O) groups excluding carboxylic acids is 1. The lowest BCUT2D eigenvalue weighted by Crippen LogP contribution is -2.54. The molecule has 0 saturated carbocycles. The number of benzene rings is 3. The molecule has 1 saturated heterocycles. The molecule has 3 unspecified atom stereocenters. The molecule has 3 aromatic carbocycles. The number of aliphatic hydroxyl groups is 1. The van der Waals surface area contributed by atoms with Crippen LogP contribution >= 0.6 is 11.6 Å². The first-order valence-electron chi connectivity index (χ1n) is 14.2. The predicted molar refractivity (Wildman–Crippen MR) is 159 cm³/mol. The van der Waals surface area contributed by atoms with Crippen molar-refractivity contribution in [3.8, 4) is 5.75 Å². The molecule has 1 fully saturated rings. The quantitative estimate of drug-likeness (QED) is 0.246. The highest BCUT2D eigenvalue weighted by molar-refractivity contribution is 6.30. The van der Waals surface area contributed by atoms with Gasteiger partial charge in [-0.05, 0) is 50.1 Å². The van der Waals surface area contributed by atoms with Crippen LogP contribution in [0, 0.1) is 5.82 Å². The fourth-order valence-corrected chi connectivity index (χ4v) is 5.01. The molecule has 1 N–H and O–H groups in total. The van der Waals surface area contributed by atoms with Crippen LogP contribution in [0.4, 0.5) is 9.18 Å². The monoisotopic (exact) mass is 599 g/mol. The Morgan fingerprint density at radius 1 is 0.976 bits per heavy atom. The molecule has 0 aromatic heterocycles. The highest BCUT2D eigenvalue weighted by Gasteiger charge is 2.40. The van der Waals surface area contributed by atoms with E-state index >= 15 is 0 Å². The molecule has 226 valence electrons. The van der Waals surface area contributed by atoms with Gasteiger partial charge in [0.15, 0.2) is 0 Å². The molecule has 1 aliphatic heterocycles. The van der Waals surface area contributed by atoms with E-state index in [1.54, 1.807) is 32.9 Å². The number of hydrogen-bond acceptors (Lipinski definition) is 6. The van der Waals surface area contributed by atoms with Crippen LogP contribution in [0.25, 0.3) is 0 Å². The summed E-state index contributed by atoms with van der Waals surface area (Å²) in [7, 11) is 0. The topological polar surface area (TPSA) is 77.5 Å². The Bertz CT molecular complexity index is 1280. The number of carbonyl (C=O) groups is 1. The second kappa shape index (κ2) is 14.8. The molecule has 3 aromatic rings. The SMILES string of the molecule is CC(C)(C)OC(=O)N1CC(O)C(c2ccc(OCCCOCc3ccccc3)cc2)C(OCc2cccc(Cl)c2F)C1. The van der Waals surface area contributed by atoms with Crippen molar-refractivity contribution in [2.24, 2.45) is 0 Å². The molecule has 9 heteroatoms. The molecule has 1 heterocycles. The molecule has 3 atom stereocenters. The van der Waals surface area contributed by atoms with Gasteiger partial charge in [-0.1, -0.05) is 66.2 Å². The van der Waals surface area contributed by atoms with Crippen molar-refractivity contribution in [1.82, 2.24) is 4.90 Å². The van der Waals surface area contributed by atoms with Crippen LogP contribution in [0.2, 0.25) is 5.02 Å². The van der Waals surface area contributed by atoms with Gasteiger partial charge in [0, 0.05) is 17.9 Å². The fourth-order valence-electron chi connectivity index (χ4n) is 4.82. The highest BCUT2D eigenvalue weighted by Crippen LogP contribution is 2.33. The number of halogens is 2. The number of aliphatic hydroxyl groups excluding tert-OH is 1. The van der Waals surface area contributed by atoms with Gasteiger partial charge in [0.05, 0.1) is 56.7 Å². The summed E-state index contributed by atoms with van der Waals surface area (Å²) < 4.78 is 37.9. The van der Waals surface area contributed by atoms with E-state index in [2.05, 4.69) is 0 Å². The number of piperidine rings is 1. The van der Waals surface area contributed by atoms with E-state index in [0.29, 0.717) is 31.1 Å². The minimum absolute atomic E-state index is 0.00468. The molecule has 0 spiro atoms. The molecule has 0 bridgehead atoms. The van der Waals surface area contributed by atoms with Crippen LogP contribution in [-0.4, -0.2) is 60.2 Å². The van der Waals surface area contributed by atoms with E-state index in [0.717, 1.165) is 17.5 Å². The average Bonchev–Trinajstić information content (AvgIpc) is 2.95. The molecular weight excluding hydrogens is 561 g/mol. The van der Waals surface area contributed by atoms with Gasteiger partial charge in [0.1, 0.15) is 17.2 Å². The molecule has 4 rings (SSSR count). The summed E-state index contributed by atoms with van der Waals surface area (Å²) in [5, 5.41) is 11.2. The number of rotatable bonds is 11. The number of ether oxygens (including phenoxy) is 4. The average molecular weight is 600 g/mol. The van der Waals surface area contributed by atoms with Gasteiger partial charge < -0.3 is 29.0 Å². The summed E-state index contributed by atoms with van der Waals surface area (Å²) in [6.07, 6.45) is -1.37. The van der Waals surface area contributed by atoms with Crippen molar-refractivity contribution in [1.29, 1.82) is 0 Å². The Kier molecular flexibility index (Phi) is 11.2. The van der Waals surface area contributed by atoms with Crippen LogP contribution in [-0.2, 0) is 27.4 Å². The fraction of sp³-hybridized carbons (Fsp3) is 0.424. The van der Waals surface area contributed by atoms with Crippen LogP contribution in [0.1, 0.15) is 49.8 Å². The zero-order valence-corrected chi connectivity index (χ0v) is 25.1. The van der Waals surface area contributed by atoms with E-state index < -0.39 is 35.6 Å². The Labute approximate surface area is 252 Å². The Morgan fingerprint density at radius 2 is 1.71 bits per heavy atom. The molecule has 0 aliphatic carbocycles. The summed E-state index contributed by atoms with van der Waals surface area (Å²) in [5.41, 5.74) is 1.56. The Balaban J connectivity index is 1.38. The highest BCUT2D eigenvalue weighted by atomic mass is 35.5. The maximum absolute atomic E-state index is 14.6. The number of amides is 1. The third-order valence-electron chi connectivity index (χ3n) is 6.84. The second-order valence-electron chi connectivity index (χ2n) is 11.4. The van der Waals surface area contributed by atoms with Crippen molar-refractivity contribution in [3.05, 3.63) is 100 Å². The van der Waals surface area contributed by atoms with Gasteiger partial charge >= 0.3 is 6.09 Å². The standard InChI is InChI=1S/C33H39ClFNO6/c1-33(2,3)42-32(38)36-19-28(37)30(29(20-36)41-22-25-11-7-12-27(34)31(25)35)24-13-15-26(16-14-24)40-18-8-17-39-21-23-9-5-4-6-10-23/h4-7,9-16,28-30,37H,8,17-22H2,1-3H3. The minimum atomic E-state index is -0.936. The van der Waals surface area contributed by atoms with E-state index in [1.807, 2.05) is 54.6 Å². The maximum atomic E-state index is 14.6. The lowest BCUT2D eigenvalue weighted by atomic mass is 9.84. The van der Waals surface area contributed by atoms with Gasteiger partial charge in [0.25, 0.3) is 0 Å². The third kappa shape index (κ3) is 9.16. The third-order valence-corrected chi connectivity index (χ3v) is 7.13. The molecular formula is C33H39ClFNO6. The van der Waals surface area contributed by atoms with Crippen molar-refractivity contribution < 1.29 is 33.2 Å². The number of likely N-dealkylation sites (tertiary alicyclic amines) is 1. The Morgan fingerprint density at radius 3 is 2.43 bits per heavy atom. The van der Waals surface area contributed by atoms with E-state index in [-0.39, 0.29) is 24.7 Å². The zero-order valence-electron chi connectivity index (χ0n) is 24.3. The van der Waals surface area contributed by atoms with Gasteiger partial charge in [-0.3, -0.25) is 0 Å². The van der Waals surface area contributed by atoms with E-state index in [4.69, 9.17) is 30.5 Å². The van der Waals surface area contributed by atoms with E-state index in [9.17, 15) is 14.3 Å². The van der Waals surface area contributed by atoms with Gasteiger partial charge in [-0.2, -0.15) is 0 Å². The number of hydrogen-bond donors (Lipinski definition) is 1. The van der Waals surface area contributed by atoms with Crippen LogP contribution < -0.4 is 4.74 Å².